The predicted octanol–water partition coefficient (Wildman–Crippen LogP) is 2.44. The van der Waals surface area contributed by atoms with Crippen LogP contribution >= 0.6 is 0 Å². The highest BCUT2D eigenvalue weighted by atomic mass is 14.9. The number of aryl methyl sites for hydroxylation is 1. The average Bonchev–Trinajstić information content (AvgIpc) is 2.10. The van der Waals surface area contributed by atoms with Crippen molar-refractivity contribution >= 4 is 0 Å². The number of hydrogen-bond acceptors (Lipinski definition) is 1. The standard InChI is InChI=1S/C11H15N/c1-4-11(12-3)10-8-6-5-7-9(10)2/h4-8,11-12H,1H2,2-3H3. The molecule has 0 aliphatic rings. The van der Waals surface area contributed by atoms with Gasteiger partial charge in [0.05, 0.1) is 6.04 Å². The molecule has 0 radical (unpaired) electrons. The Morgan fingerprint density at radius 3 is 2.58 bits per heavy atom. The van der Waals surface area contributed by atoms with Gasteiger partial charge in [-0.15, -0.1) is 6.58 Å². The number of nitrogens with one attached hydrogen (secondary N) is 1. The molecular weight excluding hydrogens is 146 g/mol. The molecule has 0 heterocycles. The summed E-state index contributed by atoms with van der Waals surface area (Å²) in [4.78, 5) is 0. The summed E-state index contributed by atoms with van der Waals surface area (Å²) < 4.78 is 0. The summed E-state index contributed by atoms with van der Waals surface area (Å²) in [7, 11) is 1.94. The molecule has 0 aliphatic heterocycles. The zero-order chi connectivity index (χ0) is 8.97. The Morgan fingerprint density at radius 2 is 2.08 bits per heavy atom. The molecule has 64 valence electrons. The summed E-state index contributed by atoms with van der Waals surface area (Å²) in [6.45, 7) is 5.90. The quantitative estimate of drug-likeness (QED) is 0.671. The van der Waals surface area contributed by atoms with Crippen LogP contribution in [-0.4, -0.2) is 7.05 Å². The van der Waals surface area contributed by atoms with Gasteiger partial charge in [-0.2, -0.15) is 0 Å². The molecule has 1 nitrogen and oxygen atoms in total. The van der Waals surface area contributed by atoms with Crippen molar-refractivity contribution in [3.63, 3.8) is 0 Å². The fourth-order valence-corrected chi connectivity index (χ4v) is 1.34. The van der Waals surface area contributed by atoms with Crippen molar-refractivity contribution in [2.24, 2.45) is 0 Å². The van der Waals surface area contributed by atoms with Gasteiger partial charge in [-0.25, -0.2) is 0 Å². The van der Waals surface area contributed by atoms with E-state index in [9.17, 15) is 0 Å². The molecule has 0 saturated carbocycles. The Hall–Kier alpha value is -1.08. The van der Waals surface area contributed by atoms with Gasteiger partial charge in [0.15, 0.2) is 0 Å². The van der Waals surface area contributed by atoms with Crippen LogP contribution in [-0.2, 0) is 0 Å². The van der Waals surface area contributed by atoms with Gasteiger partial charge in [-0.05, 0) is 25.1 Å². The molecule has 0 spiro atoms. The molecule has 1 atom stereocenters. The number of rotatable bonds is 3. The van der Waals surface area contributed by atoms with Crippen molar-refractivity contribution in [2.75, 3.05) is 7.05 Å². The van der Waals surface area contributed by atoms with E-state index in [4.69, 9.17) is 0 Å². The van der Waals surface area contributed by atoms with E-state index in [2.05, 4.69) is 43.1 Å². The maximum atomic E-state index is 3.79. The zero-order valence-corrected chi connectivity index (χ0v) is 7.67. The molecule has 0 bridgehead atoms. The molecule has 1 N–H and O–H groups in total. The minimum absolute atomic E-state index is 0.270. The highest BCUT2D eigenvalue weighted by Gasteiger charge is 2.05. The number of benzene rings is 1. The van der Waals surface area contributed by atoms with Crippen LogP contribution in [0.5, 0.6) is 0 Å². The van der Waals surface area contributed by atoms with E-state index in [0.29, 0.717) is 0 Å². The lowest BCUT2D eigenvalue weighted by atomic mass is 10.0. The Kier molecular flexibility index (Phi) is 3.06. The normalized spacial score (nSPS) is 12.5. The Morgan fingerprint density at radius 1 is 1.42 bits per heavy atom. The van der Waals surface area contributed by atoms with Gasteiger partial charge in [0, 0.05) is 0 Å². The minimum atomic E-state index is 0.270. The molecule has 0 fully saturated rings. The molecule has 1 heteroatoms. The Bertz CT molecular complexity index is 265. The summed E-state index contributed by atoms with van der Waals surface area (Å²) in [5.41, 5.74) is 2.60. The van der Waals surface area contributed by atoms with Crippen LogP contribution in [0.2, 0.25) is 0 Å². The van der Waals surface area contributed by atoms with Gasteiger partial charge in [0.2, 0.25) is 0 Å². The zero-order valence-electron chi connectivity index (χ0n) is 7.67. The van der Waals surface area contributed by atoms with Gasteiger partial charge in [0.25, 0.3) is 0 Å². The summed E-state index contributed by atoms with van der Waals surface area (Å²) >= 11 is 0. The van der Waals surface area contributed by atoms with E-state index in [-0.39, 0.29) is 6.04 Å². The molecule has 0 aliphatic carbocycles. The predicted molar refractivity (Wildman–Crippen MR) is 53.2 cm³/mol. The van der Waals surface area contributed by atoms with Crippen LogP contribution in [0.1, 0.15) is 17.2 Å². The van der Waals surface area contributed by atoms with Crippen LogP contribution < -0.4 is 5.32 Å². The Balaban J connectivity index is 3.00. The second-order valence-corrected chi connectivity index (χ2v) is 2.86. The van der Waals surface area contributed by atoms with E-state index >= 15 is 0 Å². The Labute approximate surface area is 74.1 Å². The molecule has 1 rings (SSSR count). The molecule has 1 aromatic carbocycles. The van der Waals surface area contributed by atoms with Crippen LogP contribution in [0.15, 0.2) is 36.9 Å². The van der Waals surface area contributed by atoms with E-state index in [1.807, 2.05) is 13.1 Å². The van der Waals surface area contributed by atoms with Crippen LogP contribution in [0.3, 0.4) is 0 Å². The summed E-state index contributed by atoms with van der Waals surface area (Å²) in [5, 5.41) is 3.19. The highest BCUT2D eigenvalue weighted by molar-refractivity contribution is 5.30. The first kappa shape index (κ1) is 9.01. The summed E-state index contributed by atoms with van der Waals surface area (Å²) in [5.74, 6) is 0. The molecule has 1 unspecified atom stereocenters. The third-order valence-electron chi connectivity index (χ3n) is 2.07. The lowest BCUT2D eigenvalue weighted by molar-refractivity contribution is 0.712. The van der Waals surface area contributed by atoms with Crippen LogP contribution in [0.25, 0.3) is 0 Å². The smallest absolute Gasteiger partial charge is 0.0503 e. The fourth-order valence-electron chi connectivity index (χ4n) is 1.34. The molecular formula is C11H15N. The summed E-state index contributed by atoms with van der Waals surface area (Å²) in [6.07, 6.45) is 1.92. The van der Waals surface area contributed by atoms with Gasteiger partial charge in [0.1, 0.15) is 0 Å². The van der Waals surface area contributed by atoms with Gasteiger partial charge >= 0.3 is 0 Å². The fraction of sp³-hybridized carbons (Fsp3) is 0.273. The largest absolute Gasteiger partial charge is 0.310 e. The van der Waals surface area contributed by atoms with Crippen molar-refractivity contribution in [1.29, 1.82) is 0 Å². The minimum Gasteiger partial charge on any atom is -0.310 e. The van der Waals surface area contributed by atoms with E-state index in [1.54, 1.807) is 0 Å². The topological polar surface area (TPSA) is 12.0 Å². The molecule has 12 heavy (non-hydrogen) atoms. The monoisotopic (exact) mass is 161 g/mol. The summed E-state index contributed by atoms with van der Waals surface area (Å²) in [6, 6.07) is 8.61. The molecule has 0 amide bonds. The van der Waals surface area contributed by atoms with Crippen molar-refractivity contribution in [1.82, 2.24) is 5.32 Å². The van der Waals surface area contributed by atoms with Gasteiger partial charge < -0.3 is 5.32 Å². The van der Waals surface area contributed by atoms with Gasteiger partial charge in [-0.1, -0.05) is 30.3 Å². The molecule has 1 aromatic rings. The van der Waals surface area contributed by atoms with Gasteiger partial charge in [-0.3, -0.25) is 0 Å². The van der Waals surface area contributed by atoms with E-state index in [1.165, 1.54) is 11.1 Å². The second-order valence-electron chi connectivity index (χ2n) is 2.86. The SMILES string of the molecule is C=CC(NC)c1ccccc1C. The lowest BCUT2D eigenvalue weighted by Crippen LogP contribution is -2.14. The van der Waals surface area contributed by atoms with Crippen LogP contribution in [0.4, 0.5) is 0 Å². The third-order valence-corrected chi connectivity index (χ3v) is 2.07. The van der Waals surface area contributed by atoms with Crippen LogP contribution in [0, 0.1) is 6.92 Å². The van der Waals surface area contributed by atoms with Crippen molar-refractivity contribution in [3.8, 4) is 0 Å². The van der Waals surface area contributed by atoms with Crippen molar-refractivity contribution in [2.45, 2.75) is 13.0 Å². The first-order valence-corrected chi connectivity index (χ1v) is 4.15. The molecule has 0 saturated heterocycles. The number of likely N-dealkylation sites (N-methyl/N-ethyl adjacent to an activating group) is 1. The lowest BCUT2D eigenvalue weighted by Gasteiger charge is -2.13. The maximum Gasteiger partial charge on any atom is 0.0503 e. The first-order valence-electron chi connectivity index (χ1n) is 4.15. The highest BCUT2D eigenvalue weighted by Crippen LogP contribution is 2.17. The molecule has 0 aromatic heterocycles. The van der Waals surface area contributed by atoms with E-state index in [0.717, 1.165) is 0 Å². The number of hydrogen-bond donors (Lipinski definition) is 1. The van der Waals surface area contributed by atoms with E-state index < -0.39 is 0 Å². The third kappa shape index (κ3) is 1.74. The first-order chi connectivity index (χ1) is 5.79. The maximum absolute atomic E-state index is 3.79. The van der Waals surface area contributed by atoms with Crippen molar-refractivity contribution in [3.05, 3.63) is 48.0 Å². The average molecular weight is 161 g/mol. The van der Waals surface area contributed by atoms with Crippen molar-refractivity contribution < 1.29 is 0 Å². The second kappa shape index (κ2) is 4.07.